The van der Waals surface area contributed by atoms with Gasteiger partial charge in [0.15, 0.2) is 5.65 Å². The van der Waals surface area contributed by atoms with Gasteiger partial charge in [0.25, 0.3) is 0 Å². The summed E-state index contributed by atoms with van der Waals surface area (Å²) in [4.78, 5) is 9.01. The van der Waals surface area contributed by atoms with Gasteiger partial charge in [-0.2, -0.15) is 5.26 Å². The van der Waals surface area contributed by atoms with Gasteiger partial charge in [0, 0.05) is 25.2 Å². The standard InChI is InChI=1S/C23H21N5O2/c1-15-10-21(28-20-5-3-2-4-19(20)27-23(28)18(15)12-24)26-13-16-6-8-25-22(11-16)30-17-7-9-29-14-17/h2-6,8,10-11,17,26H,7,9,13-14H2,1H3. The lowest BCUT2D eigenvalue weighted by molar-refractivity contribution is 0.138. The molecule has 7 nitrogen and oxygen atoms in total. The van der Waals surface area contributed by atoms with Gasteiger partial charge in [-0.1, -0.05) is 12.1 Å². The Morgan fingerprint density at radius 2 is 2.20 bits per heavy atom. The number of nitrogens with zero attached hydrogens (tertiary/aromatic N) is 4. The lowest BCUT2D eigenvalue weighted by atomic mass is 10.1. The van der Waals surface area contributed by atoms with E-state index >= 15 is 0 Å². The molecule has 1 fully saturated rings. The molecular formula is C23H21N5O2. The predicted molar refractivity (Wildman–Crippen MR) is 114 cm³/mol. The molecule has 0 saturated carbocycles. The number of aromatic nitrogens is 3. The van der Waals surface area contributed by atoms with Gasteiger partial charge in [0.05, 0.1) is 29.8 Å². The SMILES string of the molecule is Cc1cc(NCc2ccnc(OC3CCOC3)c2)n2c(nc3ccccc32)c1C#N. The second kappa shape index (κ2) is 7.65. The van der Waals surface area contributed by atoms with Crippen LogP contribution in [-0.4, -0.2) is 33.7 Å². The van der Waals surface area contributed by atoms with E-state index in [1.165, 1.54) is 0 Å². The first kappa shape index (κ1) is 18.4. The van der Waals surface area contributed by atoms with Crippen molar-refractivity contribution < 1.29 is 9.47 Å². The summed E-state index contributed by atoms with van der Waals surface area (Å²) in [5.41, 5.74) is 5.03. The first-order valence-corrected chi connectivity index (χ1v) is 9.97. The van der Waals surface area contributed by atoms with Crippen LogP contribution in [0.15, 0.2) is 48.7 Å². The second-order valence-corrected chi connectivity index (χ2v) is 7.42. The van der Waals surface area contributed by atoms with Crippen molar-refractivity contribution in [3.8, 4) is 11.9 Å². The molecule has 1 N–H and O–H groups in total. The number of aryl methyl sites for hydroxylation is 1. The van der Waals surface area contributed by atoms with Crippen LogP contribution in [0.1, 0.15) is 23.1 Å². The first-order valence-electron chi connectivity index (χ1n) is 9.97. The highest BCUT2D eigenvalue weighted by Gasteiger charge is 2.18. The summed E-state index contributed by atoms with van der Waals surface area (Å²) < 4.78 is 13.3. The lowest BCUT2D eigenvalue weighted by Crippen LogP contribution is -2.16. The fourth-order valence-corrected chi connectivity index (χ4v) is 3.82. The first-order chi connectivity index (χ1) is 14.7. The van der Waals surface area contributed by atoms with Crippen molar-refractivity contribution in [3.63, 3.8) is 0 Å². The highest BCUT2D eigenvalue weighted by atomic mass is 16.5. The molecule has 1 saturated heterocycles. The van der Waals surface area contributed by atoms with E-state index < -0.39 is 0 Å². The van der Waals surface area contributed by atoms with Crippen LogP contribution in [0, 0.1) is 18.3 Å². The largest absolute Gasteiger partial charge is 0.472 e. The Labute approximate surface area is 173 Å². The Balaban J connectivity index is 1.47. The number of nitriles is 1. The normalized spacial score (nSPS) is 16.1. The molecule has 7 heteroatoms. The molecular weight excluding hydrogens is 378 g/mol. The zero-order valence-corrected chi connectivity index (χ0v) is 16.6. The highest BCUT2D eigenvalue weighted by Crippen LogP contribution is 2.27. The fourth-order valence-electron chi connectivity index (χ4n) is 3.82. The number of nitrogens with one attached hydrogen (secondary N) is 1. The average molecular weight is 399 g/mol. The lowest BCUT2D eigenvalue weighted by Gasteiger charge is -2.14. The minimum atomic E-state index is 0.0684. The number of ether oxygens (including phenoxy) is 2. The van der Waals surface area contributed by atoms with Gasteiger partial charge < -0.3 is 14.8 Å². The Kier molecular flexibility index (Phi) is 4.69. The maximum absolute atomic E-state index is 9.63. The summed E-state index contributed by atoms with van der Waals surface area (Å²) >= 11 is 0. The molecule has 1 unspecified atom stereocenters. The molecule has 0 aliphatic carbocycles. The van der Waals surface area contributed by atoms with Gasteiger partial charge in [-0.05, 0) is 42.3 Å². The number of hydrogen-bond acceptors (Lipinski definition) is 6. The van der Waals surface area contributed by atoms with E-state index in [0.717, 1.165) is 41.0 Å². The van der Waals surface area contributed by atoms with Crippen molar-refractivity contribution >= 4 is 22.5 Å². The van der Waals surface area contributed by atoms with E-state index in [4.69, 9.17) is 14.5 Å². The molecule has 1 aromatic carbocycles. The summed E-state index contributed by atoms with van der Waals surface area (Å²) in [6, 6.07) is 16.1. The van der Waals surface area contributed by atoms with E-state index in [9.17, 15) is 5.26 Å². The van der Waals surface area contributed by atoms with Crippen LogP contribution in [0.3, 0.4) is 0 Å². The summed E-state index contributed by atoms with van der Waals surface area (Å²) in [5, 5.41) is 13.1. The quantitative estimate of drug-likeness (QED) is 0.549. The Hall–Kier alpha value is -3.63. The van der Waals surface area contributed by atoms with Gasteiger partial charge in [-0.3, -0.25) is 4.40 Å². The molecule has 1 atom stereocenters. The van der Waals surface area contributed by atoms with E-state index in [2.05, 4.69) is 16.4 Å². The molecule has 3 aromatic heterocycles. The van der Waals surface area contributed by atoms with Crippen LogP contribution in [0.4, 0.5) is 5.82 Å². The number of rotatable bonds is 5. The third-order valence-corrected chi connectivity index (χ3v) is 5.33. The average Bonchev–Trinajstić information content (AvgIpc) is 3.40. The van der Waals surface area contributed by atoms with Crippen LogP contribution in [-0.2, 0) is 11.3 Å². The number of fused-ring (bicyclic) bond motifs is 3. The molecule has 4 heterocycles. The molecule has 0 amide bonds. The topological polar surface area (TPSA) is 84.5 Å². The van der Waals surface area contributed by atoms with Gasteiger partial charge in [0.2, 0.25) is 5.88 Å². The molecule has 5 rings (SSSR count). The van der Waals surface area contributed by atoms with Crippen LogP contribution in [0.2, 0.25) is 0 Å². The number of pyridine rings is 2. The molecule has 0 bridgehead atoms. The maximum atomic E-state index is 9.63. The molecule has 30 heavy (non-hydrogen) atoms. The number of anilines is 1. The third kappa shape index (κ3) is 3.31. The van der Waals surface area contributed by atoms with E-state index in [1.807, 2.05) is 53.8 Å². The van der Waals surface area contributed by atoms with Crippen molar-refractivity contribution in [1.29, 1.82) is 5.26 Å². The van der Waals surface area contributed by atoms with Crippen LogP contribution < -0.4 is 10.1 Å². The van der Waals surface area contributed by atoms with Gasteiger partial charge >= 0.3 is 0 Å². The zero-order chi connectivity index (χ0) is 20.5. The number of hydrogen-bond donors (Lipinski definition) is 1. The number of para-hydroxylation sites is 2. The van der Waals surface area contributed by atoms with Crippen LogP contribution in [0.5, 0.6) is 5.88 Å². The minimum Gasteiger partial charge on any atom is -0.472 e. The molecule has 150 valence electrons. The van der Waals surface area contributed by atoms with Crippen molar-refractivity contribution in [2.45, 2.75) is 26.0 Å². The number of benzene rings is 1. The zero-order valence-electron chi connectivity index (χ0n) is 16.6. The van der Waals surface area contributed by atoms with Crippen LogP contribution >= 0.6 is 0 Å². The van der Waals surface area contributed by atoms with Crippen molar-refractivity contribution in [2.24, 2.45) is 0 Å². The Bertz CT molecular complexity index is 1270. The van der Waals surface area contributed by atoms with Crippen molar-refractivity contribution in [2.75, 3.05) is 18.5 Å². The number of imidazole rings is 1. The molecule has 0 radical (unpaired) electrons. The monoisotopic (exact) mass is 399 g/mol. The summed E-state index contributed by atoms with van der Waals surface area (Å²) in [6.45, 7) is 3.87. The smallest absolute Gasteiger partial charge is 0.213 e. The van der Waals surface area contributed by atoms with E-state index in [1.54, 1.807) is 6.20 Å². The predicted octanol–water partition coefficient (Wildman–Crippen LogP) is 3.84. The second-order valence-electron chi connectivity index (χ2n) is 7.42. The van der Waals surface area contributed by atoms with Gasteiger partial charge in [-0.15, -0.1) is 0 Å². The van der Waals surface area contributed by atoms with E-state index in [-0.39, 0.29) is 6.10 Å². The van der Waals surface area contributed by atoms with E-state index in [0.29, 0.717) is 30.2 Å². The Morgan fingerprint density at radius 3 is 3.03 bits per heavy atom. The Morgan fingerprint density at radius 1 is 1.30 bits per heavy atom. The van der Waals surface area contributed by atoms with Gasteiger partial charge in [-0.25, -0.2) is 9.97 Å². The molecule has 0 spiro atoms. The molecule has 1 aliphatic rings. The maximum Gasteiger partial charge on any atom is 0.213 e. The minimum absolute atomic E-state index is 0.0684. The third-order valence-electron chi connectivity index (χ3n) is 5.33. The molecule has 1 aliphatic heterocycles. The fraction of sp³-hybridized carbons (Fsp3) is 0.261. The van der Waals surface area contributed by atoms with Crippen molar-refractivity contribution in [1.82, 2.24) is 14.4 Å². The van der Waals surface area contributed by atoms with Crippen molar-refractivity contribution in [3.05, 3.63) is 65.4 Å². The van der Waals surface area contributed by atoms with Gasteiger partial charge in [0.1, 0.15) is 18.0 Å². The highest BCUT2D eigenvalue weighted by molar-refractivity contribution is 5.85. The summed E-state index contributed by atoms with van der Waals surface area (Å²) in [6.07, 6.45) is 2.72. The molecule has 4 aromatic rings. The van der Waals surface area contributed by atoms with Crippen LogP contribution in [0.25, 0.3) is 16.7 Å². The summed E-state index contributed by atoms with van der Waals surface area (Å²) in [7, 11) is 0. The summed E-state index contributed by atoms with van der Waals surface area (Å²) in [5.74, 6) is 1.50.